The van der Waals surface area contributed by atoms with Gasteiger partial charge in [0.1, 0.15) is 5.60 Å². The highest BCUT2D eigenvalue weighted by molar-refractivity contribution is 6.33. The van der Waals surface area contributed by atoms with Gasteiger partial charge in [-0.2, -0.15) is 0 Å². The number of amides is 2. The highest BCUT2D eigenvalue weighted by atomic mass is 35.5. The van der Waals surface area contributed by atoms with E-state index in [1.807, 2.05) is 36.4 Å². The molecule has 1 aliphatic heterocycles. The van der Waals surface area contributed by atoms with E-state index in [1.165, 1.54) is 0 Å². The summed E-state index contributed by atoms with van der Waals surface area (Å²) >= 11 is 6.54. The van der Waals surface area contributed by atoms with Crippen LogP contribution in [-0.2, 0) is 4.79 Å². The minimum Gasteiger partial charge on any atom is -0.380 e. The summed E-state index contributed by atoms with van der Waals surface area (Å²) in [6.45, 7) is 1.74. The lowest BCUT2D eigenvalue weighted by atomic mass is 10.0. The van der Waals surface area contributed by atoms with Crippen LogP contribution in [0.2, 0.25) is 5.02 Å². The van der Waals surface area contributed by atoms with Crippen molar-refractivity contribution < 1.29 is 14.7 Å². The summed E-state index contributed by atoms with van der Waals surface area (Å²) < 4.78 is 0. The van der Waals surface area contributed by atoms with Crippen molar-refractivity contribution in [2.45, 2.75) is 18.4 Å². The molecular weight excluding hydrogens is 414 g/mol. The van der Waals surface area contributed by atoms with Crippen LogP contribution in [0.25, 0.3) is 22.0 Å². The monoisotopic (exact) mass is 435 g/mol. The summed E-state index contributed by atoms with van der Waals surface area (Å²) in [6.07, 6.45) is 2.85. The number of carbonyl (C=O) groups is 2. The van der Waals surface area contributed by atoms with Crippen LogP contribution in [0.4, 0.5) is 0 Å². The van der Waals surface area contributed by atoms with Crippen molar-refractivity contribution in [2.75, 3.05) is 26.2 Å². The normalized spacial score (nSPS) is 17.6. The summed E-state index contributed by atoms with van der Waals surface area (Å²) in [7, 11) is 0. The van der Waals surface area contributed by atoms with E-state index in [0.717, 1.165) is 22.0 Å². The maximum atomic E-state index is 13.0. The predicted octanol–water partition coefficient (Wildman–Crippen LogP) is 3.36. The number of nitrogens with zero attached hydrogens (tertiary/aromatic N) is 3. The van der Waals surface area contributed by atoms with E-state index in [0.29, 0.717) is 49.6 Å². The third kappa shape index (κ3) is 3.77. The SMILES string of the molecule is O=C(c1ccc(-c2cnc3ccccc3c2)c(Cl)c1)N1CCN(C(=O)C2(O)CC2)CC1. The molecule has 7 heteroatoms. The Morgan fingerprint density at radius 2 is 1.68 bits per heavy atom. The number of carbonyl (C=O) groups excluding carboxylic acids is 2. The molecule has 5 rings (SSSR count). The molecule has 2 aromatic carbocycles. The largest absolute Gasteiger partial charge is 0.380 e. The van der Waals surface area contributed by atoms with Crippen molar-refractivity contribution in [3.05, 3.63) is 65.3 Å². The second kappa shape index (κ2) is 7.62. The Hall–Kier alpha value is -2.96. The van der Waals surface area contributed by atoms with Crippen LogP contribution < -0.4 is 0 Å². The molecule has 6 nitrogen and oxygen atoms in total. The Morgan fingerprint density at radius 1 is 0.968 bits per heavy atom. The van der Waals surface area contributed by atoms with Gasteiger partial charge in [0.15, 0.2) is 0 Å². The average molecular weight is 436 g/mol. The maximum Gasteiger partial charge on any atom is 0.254 e. The first kappa shape index (κ1) is 20.0. The van der Waals surface area contributed by atoms with E-state index in [9.17, 15) is 14.7 Å². The lowest BCUT2D eigenvalue weighted by Crippen LogP contribution is -2.53. The molecule has 1 saturated carbocycles. The van der Waals surface area contributed by atoms with Crippen molar-refractivity contribution in [1.82, 2.24) is 14.8 Å². The summed E-state index contributed by atoms with van der Waals surface area (Å²) in [5.41, 5.74) is 1.99. The number of aliphatic hydroxyl groups is 1. The van der Waals surface area contributed by atoms with E-state index in [-0.39, 0.29) is 11.8 Å². The van der Waals surface area contributed by atoms with Crippen molar-refractivity contribution in [3.63, 3.8) is 0 Å². The third-order valence-electron chi connectivity index (χ3n) is 6.09. The number of hydrogen-bond acceptors (Lipinski definition) is 4. The number of halogens is 1. The van der Waals surface area contributed by atoms with Crippen molar-refractivity contribution in [1.29, 1.82) is 0 Å². The first-order valence-corrected chi connectivity index (χ1v) is 10.8. The van der Waals surface area contributed by atoms with Crippen LogP contribution in [0.15, 0.2) is 54.7 Å². The molecular formula is C24H22ClN3O3. The van der Waals surface area contributed by atoms with E-state index >= 15 is 0 Å². The maximum absolute atomic E-state index is 13.0. The fraction of sp³-hybridized carbons (Fsp3) is 0.292. The Bertz CT molecular complexity index is 1180. The zero-order valence-electron chi connectivity index (χ0n) is 16.9. The smallest absolute Gasteiger partial charge is 0.254 e. The van der Waals surface area contributed by atoms with Crippen molar-refractivity contribution >= 4 is 34.3 Å². The summed E-state index contributed by atoms with van der Waals surface area (Å²) in [6, 6.07) is 15.2. The van der Waals surface area contributed by atoms with Crippen molar-refractivity contribution in [2.24, 2.45) is 0 Å². The molecule has 1 N–H and O–H groups in total. The number of hydrogen-bond donors (Lipinski definition) is 1. The van der Waals surface area contributed by atoms with Gasteiger partial charge in [-0.05, 0) is 37.1 Å². The molecule has 0 bridgehead atoms. The highest BCUT2D eigenvalue weighted by Crippen LogP contribution is 2.37. The Balaban J connectivity index is 1.30. The summed E-state index contributed by atoms with van der Waals surface area (Å²) in [4.78, 5) is 33.1. The van der Waals surface area contributed by atoms with Crippen LogP contribution in [0.5, 0.6) is 0 Å². The Kier molecular flexibility index (Phi) is 4.91. The molecule has 1 aliphatic carbocycles. The molecule has 1 aromatic heterocycles. The van der Waals surface area contributed by atoms with Gasteiger partial charge < -0.3 is 14.9 Å². The molecule has 31 heavy (non-hydrogen) atoms. The molecule has 0 unspecified atom stereocenters. The second-order valence-electron chi connectivity index (χ2n) is 8.23. The van der Waals surface area contributed by atoms with Gasteiger partial charge in [0.25, 0.3) is 11.8 Å². The molecule has 1 saturated heterocycles. The first-order valence-electron chi connectivity index (χ1n) is 10.4. The molecule has 2 aliphatic rings. The fourth-order valence-electron chi connectivity index (χ4n) is 4.02. The van der Waals surface area contributed by atoms with Crippen molar-refractivity contribution in [3.8, 4) is 11.1 Å². The van der Waals surface area contributed by atoms with E-state index in [2.05, 4.69) is 4.98 Å². The van der Waals surface area contributed by atoms with E-state index in [1.54, 1.807) is 28.1 Å². The quantitative estimate of drug-likeness (QED) is 0.684. The van der Waals surface area contributed by atoms with Gasteiger partial charge >= 0.3 is 0 Å². The number of para-hydroxylation sites is 1. The number of aromatic nitrogens is 1. The Morgan fingerprint density at radius 3 is 2.39 bits per heavy atom. The van der Waals surface area contributed by atoms with Gasteiger partial charge in [0.05, 0.1) is 5.52 Å². The van der Waals surface area contributed by atoms with Gasteiger partial charge in [0.2, 0.25) is 0 Å². The number of fused-ring (bicyclic) bond motifs is 1. The van der Waals surface area contributed by atoms with Crippen LogP contribution in [0.1, 0.15) is 23.2 Å². The zero-order valence-corrected chi connectivity index (χ0v) is 17.7. The number of rotatable bonds is 3. The molecule has 0 spiro atoms. The number of benzene rings is 2. The van der Waals surface area contributed by atoms with Crippen LogP contribution in [0.3, 0.4) is 0 Å². The molecule has 3 aromatic rings. The molecule has 0 atom stereocenters. The van der Waals surface area contributed by atoms with Gasteiger partial charge in [-0.25, -0.2) is 0 Å². The first-order chi connectivity index (χ1) is 14.9. The van der Waals surface area contributed by atoms with Gasteiger partial charge in [-0.1, -0.05) is 35.9 Å². The topological polar surface area (TPSA) is 73.7 Å². The fourth-order valence-corrected chi connectivity index (χ4v) is 4.31. The van der Waals surface area contributed by atoms with Crippen LogP contribution in [0, 0.1) is 0 Å². The second-order valence-corrected chi connectivity index (χ2v) is 8.63. The number of pyridine rings is 1. The van der Waals surface area contributed by atoms with Gasteiger partial charge in [0, 0.05) is 59.5 Å². The minimum atomic E-state index is -1.16. The Labute approximate surface area is 185 Å². The van der Waals surface area contributed by atoms with Crippen LogP contribution in [-0.4, -0.2) is 63.5 Å². The molecule has 0 radical (unpaired) electrons. The standard InChI is InChI=1S/C24H22ClN3O3/c25-20-14-17(5-6-19(20)18-13-16-3-1-2-4-21(16)26-15-18)22(29)27-9-11-28(12-10-27)23(30)24(31)7-8-24/h1-6,13-15,31H,7-12H2. The molecule has 2 heterocycles. The summed E-state index contributed by atoms with van der Waals surface area (Å²) in [5, 5.41) is 11.5. The molecule has 158 valence electrons. The predicted molar refractivity (Wildman–Crippen MR) is 119 cm³/mol. The minimum absolute atomic E-state index is 0.109. The van der Waals surface area contributed by atoms with E-state index < -0.39 is 5.60 Å². The molecule has 2 fully saturated rings. The number of piperazine rings is 1. The average Bonchev–Trinajstić information content (AvgIpc) is 3.56. The zero-order chi connectivity index (χ0) is 21.6. The highest BCUT2D eigenvalue weighted by Gasteiger charge is 2.50. The van der Waals surface area contributed by atoms with Gasteiger partial charge in [-0.15, -0.1) is 0 Å². The van der Waals surface area contributed by atoms with Crippen LogP contribution >= 0.6 is 11.6 Å². The van der Waals surface area contributed by atoms with E-state index in [4.69, 9.17) is 11.6 Å². The molecule has 2 amide bonds. The lowest BCUT2D eigenvalue weighted by Gasteiger charge is -2.35. The lowest BCUT2D eigenvalue weighted by molar-refractivity contribution is -0.143. The summed E-state index contributed by atoms with van der Waals surface area (Å²) in [5.74, 6) is -0.321. The van der Waals surface area contributed by atoms with Gasteiger partial charge in [-0.3, -0.25) is 14.6 Å². The third-order valence-corrected chi connectivity index (χ3v) is 6.41.